The molecule has 3 N–H and O–H groups in total. The Hall–Kier alpha value is -0.610. The van der Waals surface area contributed by atoms with Crippen LogP contribution in [0.15, 0.2) is 0 Å². The van der Waals surface area contributed by atoms with Crippen LogP contribution in [0.2, 0.25) is 0 Å². The highest BCUT2D eigenvalue weighted by molar-refractivity contribution is 5.81. The molecule has 1 rings (SSSR count). The molecule has 1 aliphatic carbocycles. The molecule has 0 heterocycles. The fraction of sp³-hybridized carbons (Fsp3) is 0.933. The van der Waals surface area contributed by atoms with Crippen molar-refractivity contribution in [3.05, 3.63) is 0 Å². The third-order valence-corrected chi connectivity index (χ3v) is 4.17. The van der Waals surface area contributed by atoms with Crippen molar-refractivity contribution in [1.29, 1.82) is 0 Å². The van der Waals surface area contributed by atoms with Crippen molar-refractivity contribution in [2.45, 2.75) is 70.9 Å². The standard InChI is InChI=1S/C15H30N2O2/c1-3-13(9-10-18)11-16-12(2)15(19)17-14-7-5-4-6-8-14/h12-14,16,18H,3-11H2,1-2H3,(H,17,19). The van der Waals surface area contributed by atoms with Crippen LogP contribution >= 0.6 is 0 Å². The smallest absolute Gasteiger partial charge is 0.237 e. The molecule has 1 aliphatic rings. The Kier molecular flexibility index (Phi) is 8.07. The molecule has 4 nitrogen and oxygen atoms in total. The Balaban J connectivity index is 2.23. The summed E-state index contributed by atoms with van der Waals surface area (Å²) in [7, 11) is 0. The van der Waals surface area contributed by atoms with E-state index < -0.39 is 0 Å². The SMILES string of the molecule is CCC(CCO)CNC(C)C(=O)NC1CCCCC1. The maximum Gasteiger partial charge on any atom is 0.237 e. The fourth-order valence-electron chi connectivity index (χ4n) is 2.64. The summed E-state index contributed by atoms with van der Waals surface area (Å²) in [5.74, 6) is 0.570. The molecule has 19 heavy (non-hydrogen) atoms. The van der Waals surface area contributed by atoms with E-state index in [1.807, 2.05) is 6.92 Å². The predicted octanol–water partition coefficient (Wildman–Crippen LogP) is 1.82. The first-order valence-electron chi connectivity index (χ1n) is 7.82. The average Bonchev–Trinajstić information content (AvgIpc) is 2.44. The number of rotatable bonds is 8. The van der Waals surface area contributed by atoms with E-state index in [0.717, 1.165) is 32.2 Å². The summed E-state index contributed by atoms with van der Waals surface area (Å²) in [6.45, 7) is 5.07. The number of nitrogens with one attached hydrogen (secondary N) is 2. The van der Waals surface area contributed by atoms with Crippen LogP contribution < -0.4 is 10.6 Å². The lowest BCUT2D eigenvalue weighted by molar-refractivity contribution is -0.123. The molecule has 0 aromatic carbocycles. The van der Waals surface area contributed by atoms with Crippen molar-refractivity contribution in [3.8, 4) is 0 Å². The Morgan fingerprint density at radius 2 is 2.00 bits per heavy atom. The number of aliphatic hydroxyl groups excluding tert-OH is 1. The van der Waals surface area contributed by atoms with Gasteiger partial charge in [-0.3, -0.25) is 4.79 Å². The minimum atomic E-state index is -0.144. The lowest BCUT2D eigenvalue weighted by atomic mass is 9.95. The summed E-state index contributed by atoms with van der Waals surface area (Å²) in [5.41, 5.74) is 0. The monoisotopic (exact) mass is 270 g/mol. The molecule has 1 amide bonds. The zero-order valence-corrected chi connectivity index (χ0v) is 12.5. The van der Waals surface area contributed by atoms with Crippen LogP contribution in [0.1, 0.15) is 58.8 Å². The van der Waals surface area contributed by atoms with Crippen molar-refractivity contribution in [2.24, 2.45) is 5.92 Å². The second kappa shape index (κ2) is 9.32. The Bertz CT molecular complexity index is 253. The van der Waals surface area contributed by atoms with Crippen molar-refractivity contribution < 1.29 is 9.90 Å². The molecular formula is C15H30N2O2. The molecule has 2 unspecified atom stereocenters. The van der Waals surface area contributed by atoms with Gasteiger partial charge in [-0.05, 0) is 38.6 Å². The molecule has 112 valence electrons. The summed E-state index contributed by atoms with van der Waals surface area (Å²) >= 11 is 0. The van der Waals surface area contributed by atoms with Crippen LogP contribution in [0, 0.1) is 5.92 Å². The van der Waals surface area contributed by atoms with E-state index in [0.29, 0.717) is 12.0 Å². The zero-order chi connectivity index (χ0) is 14.1. The zero-order valence-electron chi connectivity index (χ0n) is 12.5. The molecular weight excluding hydrogens is 240 g/mol. The number of hydrogen-bond acceptors (Lipinski definition) is 3. The summed E-state index contributed by atoms with van der Waals surface area (Å²) in [5, 5.41) is 15.4. The van der Waals surface area contributed by atoms with Gasteiger partial charge in [0.25, 0.3) is 0 Å². The third kappa shape index (κ3) is 6.39. The topological polar surface area (TPSA) is 61.4 Å². The van der Waals surface area contributed by atoms with E-state index in [2.05, 4.69) is 17.6 Å². The molecule has 0 radical (unpaired) electrons. The van der Waals surface area contributed by atoms with Gasteiger partial charge in [-0.25, -0.2) is 0 Å². The van der Waals surface area contributed by atoms with Gasteiger partial charge in [0.05, 0.1) is 6.04 Å². The minimum absolute atomic E-state index is 0.116. The van der Waals surface area contributed by atoms with Crippen molar-refractivity contribution >= 4 is 5.91 Å². The second-order valence-corrected chi connectivity index (χ2v) is 5.76. The van der Waals surface area contributed by atoms with Gasteiger partial charge < -0.3 is 15.7 Å². The first kappa shape index (κ1) is 16.4. The molecule has 0 spiro atoms. The summed E-state index contributed by atoms with van der Waals surface area (Å²) in [6.07, 6.45) is 7.87. The largest absolute Gasteiger partial charge is 0.396 e. The summed E-state index contributed by atoms with van der Waals surface area (Å²) in [6, 6.07) is 0.236. The van der Waals surface area contributed by atoms with E-state index in [1.165, 1.54) is 19.3 Å². The van der Waals surface area contributed by atoms with Gasteiger partial charge in [0.1, 0.15) is 0 Å². The highest BCUT2D eigenvalue weighted by atomic mass is 16.3. The molecule has 0 aromatic rings. The van der Waals surface area contributed by atoms with Crippen molar-refractivity contribution in [2.75, 3.05) is 13.2 Å². The summed E-state index contributed by atoms with van der Waals surface area (Å²) < 4.78 is 0. The molecule has 0 saturated heterocycles. The third-order valence-electron chi connectivity index (χ3n) is 4.17. The fourth-order valence-corrected chi connectivity index (χ4v) is 2.64. The normalized spacial score (nSPS) is 19.9. The van der Waals surface area contributed by atoms with Gasteiger partial charge in [-0.2, -0.15) is 0 Å². The first-order chi connectivity index (χ1) is 9.17. The number of carbonyl (C=O) groups is 1. The molecule has 4 heteroatoms. The predicted molar refractivity (Wildman–Crippen MR) is 78.0 cm³/mol. The van der Waals surface area contributed by atoms with E-state index >= 15 is 0 Å². The van der Waals surface area contributed by atoms with Crippen LogP contribution in [0.3, 0.4) is 0 Å². The van der Waals surface area contributed by atoms with Crippen LogP contribution in [0.4, 0.5) is 0 Å². The number of hydrogen-bond donors (Lipinski definition) is 3. The lowest BCUT2D eigenvalue weighted by Crippen LogP contribution is -2.47. The average molecular weight is 270 g/mol. The summed E-state index contributed by atoms with van der Waals surface area (Å²) in [4.78, 5) is 12.0. The van der Waals surface area contributed by atoms with Crippen LogP contribution in [-0.2, 0) is 4.79 Å². The molecule has 1 saturated carbocycles. The minimum Gasteiger partial charge on any atom is -0.396 e. The first-order valence-corrected chi connectivity index (χ1v) is 7.82. The van der Waals surface area contributed by atoms with Crippen LogP contribution in [-0.4, -0.2) is 36.2 Å². The van der Waals surface area contributed by atoms with Gasteiger partial charge in [-0.1, -0.05) is 32.6 Å². The number of carbonyl (C=O) groups excluding carboxylic acids is 1. The number of amides is 1. The van der Waals surface area contributed by atoms with Gasteiger partial charge >= 0.3 is 0 Å². The Labute approximate surface area is 117 Å². The van der Waals surface area contributed by atoms with Gasteiger partial charge in [0, 0.05) is 12.6 Å². The van der Waals surface area contributed by atoms with Gasteiger partial charge in [0.2, 0.25) is 5.91 Å². The second-order valence-electron chi connectivity index (χ2n) is 5.76. The lowest BCUT2D eigenvalue weighted by Gasteiger charge is -2.25. The molecule has 0 aromatic heterocycles. The van der Waals surface area contributed by atoms with E-state index in [-0.39, 0.29) is 18.6 Å². The quantitative estimate of drug-likeness (QED) is 0.630. The van der Waals surface area contributed by atoms with Crippen LogP contribution in [0.5, 0.6) is 0 Å². The van der Waals surface area contributed by atoms with Gasteiger partial charge in [0.15, 0.2) is 0 Å². The maximum atomic E-state index is 12.0. The van der Waals surface area contributed by atoms with E-state index in [4.69, 9.17) is 5.11 Å². The highest BCUT2D eigenvalue weighted by Gasteiger charge is 2.19. The Morgan fingerprint density at radius 3 is 2.58 bits per heavy atom. The number of aliphatic hydroxyl groups is 1. The van der Waals surface area contributed by atoms with Crippen LogP contribution in [0.25, 0.3) is 0 Å². The van der Waals surface area contributed by atoms with Crippen molar-refractivity contribution in [1.82, 2.24) is 10.6 Å². The van der Waals surface area contributed by atoms with E-state index in [1.54, 1.807) is 0 Å². The van der Waals surface area contributed by atoms with E-state index in [9.17, 15) is 4.79 Å². The molecule has 1 fully saturated rings. The highest BCUT2D eigenvalue weighted by Crippen LogP contribution is 2.17. The van der Waals surface area contributed by atoms with Gasteiger partial charge in [-0.15, -0.1) is 0 Å². The van der Waals surface area contributed by atoms with Crippen molar-refractivity contribution in [3.63, 3.8) is 0 Å². The molecule has 0 aliphatic heterocycles. The molecule has 0 bridgehead atoms. The Morgan fingerprint density at radius 1 is 1.32 bits per heavy atom. The maximum absolute atomic E-state index is 12.0. The molecule has 2 atom stereocenters.